The second-order valence-corrected chi connectivity index (χ2v) is 12.2. The maximum atomic E-state index is 12.8. The van der Waals surface area contributed by atoms with E-state index in [1.165, 1.54) is 0 Å². The molecule has 11 heteroatoms. The summed E-state index contributed by atoms with van der Waals surface area (Å²) >= 11 is 6.47. The topological polar surface area (TPSA) is 90.4 Å². The van der Waals surface area contributed by atoms with Crippen LogP contribution in [0.25, 0.3) is 0 Å². The third kappa shape index (κ3) is 6.40. The predicted octanol–water partition coefficient (Wildman–Crippen LogP) is 6.30. The highest BCUT2D eigenvalue weighted by Crippen LogP contribution is 2.40. The van der Waals surface area contributed by atoms with E-state index in [2.05, 4.69) is 20.6 Å². The van der Waals surface area contributed by atoms with Crippen LogP contribution < -0.4 is 10.6 Å². The lowest BCUT2D eigenvalue weighted by molar-refractivity contribution is -0.208. The van der Waals surface area contributed by atoms with Gasteiger partial charge < -0.3 is 15.7 Å². The van der Waals surface area contributed by atoms with Crippen LogP contribution in [0.5, 0.6) is 0 Å². The molecular formula is C31H35ClF3N5O2. The Bertz CT molecular complexity index is 1480. The lowest BCUT2D eigenvalue weighted by atomic mass is 9.82. The average Bonchev–Trinajstić information content (AvgIpc) is 3.17. The minimum absolute atomic E-state index is 0.0149. The number of hydrogen-bond acceptors (Lipinski definition) is 6. The summed E-state index contributed by atoms with van der Waals surface area (Å²) < 4.78 is 38.5. The fourth-order valence-corrected chi connectivity index (χ4v) is 6.16. The van der Waals surface area contributed by atoms with E-state index in [1.807, 2.05) is 57.2 Å². The van der Waals surface area contributed by atoms with Crippen molar-refractivity contribution in [1.82, 2.24) is 14.9 Å². The van der Waals surface area contributed by atoms with Crippen molar-refractivity contribution in [2.75, 3.05) is 30.3 Å². The van der Waals surface area contributed by atoms with E-state index in [-0.39, 0.29) is 11.8 Å². The molecule has 1 aromatic heterocycles. The molecule has 2 aromatic carbocycles. The lowest BCUT2D eigenvalue weighted by Gasteiger charge is -2.34. The summed E-state index contributed by atoms with van der Waals surface area (Å²) in [6, 6.07) is 11.8. The highest BCUT2D eigenvalue weighted by Gasteiger charge is 2.40. The van der Waals surface area contributed by atoms with E-state index in [9.17, 15) is 23.1 Å². The first-order valence-corrected chi connectivity index (χ1v) is 14.5. The Balaban J connectivity index is 1.26. The number of likely N-dealkylation sites (tertiary alicyclic amines) is 1. The molecule has 3 heterocycles. The molecule has 5 rings (SSSR count). The number of alkyl halides is 3. The summed E-state index contributed by atoms with van der Waals surface area (Å²) in [5.41, 5.74) is 5.83. The third-order valence-electron chi connectivity index (χ3n) is 8.32. The van der Waals surface area contributed by atoms with Gasteiger partial charge in [0.1, 0.15) is 0 Å². The Morgan fingerprint density at radius 2 is 2.02 bits per heavy atom. The monoisotopic (exact) mass is 601 g/mol. The second-order valence-electron chi connectivity index (χ2n) is 11.8. The molecule has 1 saturated heterocycles. The molecule has 2 atom stereocenters. The maximum absolute atomic E-state index is 12.8. The number of anilines is 3. The van der Waals surface area contributed by atoms with Crippen molar-refractivity contribution in [3.05, 3.63) is 75.6 Å². The van der Waals surface area contributed by atoms with Gasteiger partial charge in [-0.25, -0.2) is 9.97 Å². The number of carbonyl (C=O) groups is 1. The molecule has 224 valence electrons. The predicted molar refractivity (Wildman–Crippen MR) is 157 cm³/mol. The summed E-state index contributed by atoms with van der Waals surface area (Å²) in [7, 11) is 0. The summed E-state index contributed by atoms with van der Waals surface area (Å²) in [5, 5.41) is 16.2. The van der Waals surface area contributed by atoms with Gasteiger partial charge in [0.05, 0.1) is 22.3 Å². The molecule has 2 aliphatic rings. The van der Waals surface area contributed by atoms with Gasteiger partial charge in [0.15, 0.2) is 6.10 Å². The first-order chi connectivity index (χ1) is 19.8. The summed E-state index contributed by atoms with van der Waals surface area (Å²) in [6.07, 6.45) is -2.51. The summed E-state index contributed by atoms with van der Waals surface area (Å²) in [4.78, 5) is 23.2. The van der Waals surface area contributed by atoms with E-state index in [4.69, 9.17) is 11.6 Å². The van der Waals surface area contributed by atoms with Crippen LogP contribution in [-0.2, 0) is 23.1 Å². The Hall–Kier alpha value is -3.21. The zero-order valence-corrected chi connectivity index (χ0v) is 24.6. The molecule has 1 amide bonds. The van der Waals surface area contributed by atoms with Crippen LogP contribution in [-0.4, -0.2) is 57.8 Å². The molecule has 0 radical (unpaired) electrons. The number of aryl methyl sites for hydroxylation is 3. The third-order valence-corrected chi connectivity index (χ3v) is 8.64. The normalized spacial score (nSPS) is 19.3. The standard InChI is InChI=1S/C31H35ClF3N5O2/c1-18-14-20(21-7-5-13-40(16-21)17-26(41)31(33,34)35)10-11-23(18)38-29-36-15-22(32)24(39-29)12-9-19-6-4-8-25-27(19)30(2,3)28(42)37-25/h4,6,8,10-11,14-15,21,26,41H,5,7,9,12-13,16-17H2,1-3H3,(H,37,42)(H,36,38,39). The van der Waals surface area contributed by atoms with Crippen molar-refractivity contribution in [3.8, 4) is 0 Å². The van der Waals surface area contributed by atoms with Crippen LogP contribution in [0, 0.1) is 6.92 Å². The van der Waals surface area contributed by atoms with Crippen molar-refractivity contribution < 1.29 is 23.1 Å². The number of benzene rings is 2. The molecule has 0 aliphatic carbocycles. The van der Waals surface area contributed by atoms with Gasteiger partial charge in [0, 0.05) is 24.5 Å². The molecule has 0 saturated carbocycles. The number of amides is 1. The zero-order valence-electron chi connectivity index (χ0n) is 23.9. The molecule has 0 bridgehead atoms. The number of nitrogens with one attached hydrogen (secondary N) is 2. The first kappa shape index (κ1) is 30.3. The van der Waals surface area contributed by atoms with Crippen molar-refractivity contribution in [3.63, 3.8) is 0 Å². The van der Waals surface area contributed by atoms with Crippen LogP contribution in [0.4, 0.5) is 30.5 Å². The number of aromatic nitrogens is 2. The van der Waals surface area contributed by atoms with Crippen LogP contribution in [0.1, 0.15) is 60.6 Å². The van der Waals surface area contributed by atoms with Crippen molar-refractivity contribution in [2.45, 2.75) is 70.1 Å². The minimum Gasteiger partial charge on any atom is -0.382 e. The number of rotatable bonds is 8. The Morgan fingerprint density at radius 1 is 1.24 bits per heavy atom. The van der Waals surface area contributed by atoms with Crippen LogP contribution in [0.15, 0.2) is 42.6 Å². The van der Waals surface area contributed by atoms with E-state index >= 15 is 0 Å². The van der Waals surface area contributed by atoms with Gasteiger partial charge in [-0.2, -0.15) is 13.2 Å². The molecule has 0 spiro atoms. The highest BCUT2D eigenvalue weighted by atomic mass is 35.5. The number of piperidine rings is 1. The number of fused-ring (bicyclic) bond motifs is 1. The van der Waals surface area contributed by atoms with Gasteiger partial charge in [-0.1, -0.05) is 35.9 Å². The number of hydrogen-bond donors (Lipinski definition) is 3. The molecule has 3 aromatic rings. The SMILES string of the molecule is Cc1cc(C2CCCN(CC(O)C(F)(F)F)C2)ccc1Nc1ncc(Cl)c(CCc2cccc3c2C(C)(C)C(=O)N3)n1. The molecule has 2 aliphatic heterocycles. The fraction of sp³-hybridized carbons (Fsp3) is 0.452. The van der Waals surface area contributed by atoms with Gasteiger partial charge in [-0.15, -0.1) is 0 Å². The number of aliphatic hydroxyl groups excluding tert-OH is 1. The number of aliphatic hydroxyl groups is 1. The average molecular weight is 602 g/mol. The summed E-state index contributed by atoms with van der Waals surface area (Å²) in [6.45, 7) is 6.41. The largest absolute Gasteiger partial charge is 0.415 e. The van der Waals surface area contributed by atoms with Crippen LogP contribution in [0.3, 0.4) is 0 Å². The summed E-state index contributed by atoms with van der Waals surface area (Å²) in [5.74, 6) is 0.477. The molecule has 1 fully saturated rings. The zero-order chi connectivity index (χ0) is 30.2. The van der Waals surface area contributed by atoms with E-state index in [0.717, 1.165) is 46.5 Å². The lowest BCUT2D eigenvalue weighted by Crippen LogP contribution is -2.44. The van der Waals surface area contributed by atoms with Crippen LogP contribution >= 0.6 is 11.6 Å². The second kappa shape index (κ2) is 11.8. The number of carbonyl (C=O) groups excluding carboxylic acids is 1. The van der Waals surface area contributed by atoms with E-state index in [0.29, 0.717) is 42.6 Å². The molecular weight excluding hydrogens is 567 g/mol. The maximum Gasteiger partial charge on any atom is 0.415 e. The quantitative estimate of drug-likeness (QED) is 0.281. The van der Waals surface area contributed by atoms with Gasteiger partial charge >= 0.3 is 6.18 Å². The Labute approximate surface area is 248 Å². The van der Waals surface area contributed by atoms with Gasteiger partial charge in [-0.3, -0.25) is 9.69 Å². The van der Waals surface area contributed by atoms with Gasteiger partial charge in [0.2, 0.25) is 11.9 Å². The first-order valence-electron chi connectivity index (χ1n) is 14.1. The van der Waals surface area contributed by atoms with Crippen LogP contribution in [0.2, 0.25) is 5.02 Å². The van der Waals surface area contributed by atoms with Gasteiger partial charge in [-0.05, 0) is 93.3 Å². The minimum atomic E-state index is -4.61. The van der Waals surface area contributed by atoms with Crippen molar-refractivity contribution >= 4 is 34.8 Å². The molecule has 7 nitrogen and oxygen atoms in total. The molecule has 42 heavy (non-hydrogen) atoms. The van der Waals surface area contributed by atoms with Gasteiger partial charge in [0.25, 0.3) is 0 Å². The van der Waals surface area contributed by atoms with E-state index in [1.54, 1.807) is 11.1 Å². The highest BCUT2D eigenvalue weighted by molar-refractivity contribution is 6.31. The van der Waals surface area contributed by atoms with E-state index < -0.39 is 24.2 Å². The molecule has 3 N–H and O–H groups in total. The number of β-amino-alcohol motifs (C(OH)–C–C–N with tert-alkyl or cyclic N) is 1. The Kier molecular flexibility index (Phi) is 8.51. The van der Waals surface area contributed by atoms with Crippen molar-refractivity contribution in [2.24, 2.45) is 0 Å². The number of nitrogens with zero attached hydrogens (tertiary/aromatic N) is 3. The smallest absolute Gasteiger partial charge is 0.382 e. The number of halogens is 4. The van der Waals surface area contributed by atoms with Crippen molar-refractivity contribution in [1.29, 1.82) is 0 Å². The Morgan fingerprint density at radius 3 is 2.76 bits per heavy atom. The molecule has 2 unspecified atom stereocenters. The fourth-order valence-electron chi connectivity index (χ4n) is 5.98.